The third kappa shape index (κ3) is 14.0. The topological polar surface area (TPSA) is 86.7 Å². The van der Waals surface area contributed by atoms with Crippen molar-refractivity contribution in [1.82, 2.24) is 0 Å². The van der Waals surface area contributed by atoms with E-state index in [-0.39, 0.29) is 36.2 Å². The summed E-state index contributed by atoms with van der Waals surface area (Å²) < 4.78 is 60.4. The van der Waals surface area contributed by atoms with Crippen LogP contribution in [0.3, 0.4) is 0 Å². The molecule has 6 nitrogen and oxygen atoms in total. The predicted molar refractivity (Wildman–Crippen MR) is 124 cm³/mol. The first-order chi connectivity index (χ1) is 14.3. The quantitative estimate of drug-likeness (QED) is 0.278. The van der Waals surface area contributed by atoms with Gasteiger partial charge in [-0.2, -0.15) is 0 Å². The molecule has 1 rings (SSSR count). The minimum atomic E-state index is -3.17. The molecule has 180 valence electrons. The normalized spacial score (nSPS) is 20.5. The number of hydrogen-bond donors (Lipinski definition) is 0. The Morgan fingerprint density at radius 3 is 1.23 bits per heavy atom. The third-order valence-corrected chi connectivity index (χ3v) is 9.11. The summed E-state index contributed by atoms with van der Waals surface area (Å²) in [5.41, 5.74) is 0. The van der Waals surface area contributed by atoms with Crippen LogP contribution in [0.15, 0.2) is 0 Å². The van der Waals surface area contributed by atoms with E-state index in [0.29, 0.717) is 12.8 Å². The zero-order valence-electron chi connectivity index (χ0n) is 19.1. The summed E-state index contributed by atoms with van der Waals surface area (Å²) in [5, 5.41) is 0. The molecule has 0 aliphatic carbocycles. The SMILES string of the molecule is CCCCCCCCS(=O)(=O)CC1COC(CS(=O)(=O)CCCCCCCC)CO1. The molecule has 0 aromatic carbocycles. The highest BCUT2D eigenvalue weighted by Gasteiger charge is 2.29. The van der Waals surface area contributed by atoms with Gasteiger partial charge in [0.25, 0.3) is 0 Å². The summed E-state index contributed by atoms with van der Waals surface area (Å²) in [4.78, 5) is 0. The van der Waals surface area contributed by atoms with E-state index in [9.17, 15) is 16.8 Å². The van der Waals surface area contributed by atoms with Crippen molar-refractivity contribution in [1.29, 1.82) is 0 Å². The Kier molecular flexibility index (Phi) is 14.5. The summed E-state index contributed by atoms with van der Waals surface area (Å²) in [5.74, 6) is 0.294. The number of unbranched alkanes of at least 4 members (excludes halogenated alkanes) is 10. The van der Waals surface area contributed by atoms with Crippen molar-refractivity contribution in [2.75, 3.05) is 36.2 Å². The Morgan fingerprint density at radius 1 is 0.567 bits per heavy atom. The first kappa shape index (κ1) is 27.9. The zero-order chi connectivity index (χ0) is 22.3. The molecule has 1 saturated heterocycles. The van der Waals surface area contributed by atoms with Crippen LogP contribution in [0.5, 0.6) is 0 Å². The lowest BCUT2D eigenvalue weighted by Gasteiger charge is -2.29. The van der Waals surface area contributed by atoms with Gasteiger partial charge in [0.15, 0.2) is 19.7 Å². The van der Waals surface area contributed by atoms with E-state index in [0.717, 1.165) is 25.7 Å². The smallest absolute Gasteiger partial charge is 0.152 e. The van der Waals surface area contributed by atoms with E-state index >= 15 is 0 Å². The minimum absolute atomic E-state index is 0.0425. The van der Waals surface area contributed by atoms with Crippen LogP contribution in [0.25, 0.3) is 0 Å². The van der Waals surface area contributed by atoms with E-state index in [4.69, 9.17) is 9.47 Å². The van der Waals surface area contributed by atoms with Crippen molar-refractivity contribution in [3.05, 3.63) is 0 Å². The van der Waals surface area contributed by atoms with Gasteiger partial charge in [0.05, 0.1) is 48.4 Å². The molecule has 0 radical (unpaired) electrons. The van der Waals surface area contributed by atoms with Gasteiger partial charge in [-0.15, -0.1) is 0 Å². The second-order valence-corrected chi connectivity index (χ2v) is 13.1. The third-order valence-electron chi connectivity index (χ3n) is 5.53. The molecule has 0 aromatic heterocycles. The van der Waals surface area contributed by atoms with Crippen LogP contribution < -0.4 is 0 Å². The monoisotopic (exact) mass is 468 g/mol. The molecule has 0 aromatic rings. The fourth-order valence-corrected chi connectivity index (χ4v) is 6.85. The Labute approximate surface area is 185 Å². The van der Waals surface area contributed by atoms with Gasteiger partial charge in [0.2, 0.25) is 0 Å². The first-order valence-electron chi connectivity index (χ1n) is 11.9. The summed E-state index contributed by atoms with van der Waals surface area (Å²) in [7, 11) is -6.34. The van der Waals surface area contributed by atoms with Gasteiger partial charge in [-0.25, -0.2) is 16.8 Å². The van der Waals surface area contributed by atoms with Crippen molar-refractivity contribution in [2.24, 2.45) is 0 Å². The van der Waals surface area contributed by atoms with Crippen LogP contribution in [0.4, 0.5) is 0 Å². The van der Waals surface area contributed by atoms with Gasteiger partial charge in [-0.1, -0.05) is 78.1 Å². The van der Waals surface area contributed by atoms with Crippen LogP contribution in [-0.2, 0) is 29.1 Å². The van der Waals surface area contributed by atoms with Gasteiger partial charge in [0.1, 0.15) is 0 Å². The van der Waals surface area contributed by atoms with Gasteiger partial charge in [0, 0.05) is 0 Å². The summed E-state index contributed by atoms with van der Waals surface area (Å²) in [6.07, 6.45) is 11.6. The maximum atomic E-state index is 12.3. The molecule has 2 atom stereocenters. The Morgan fingerprint density at radius 2 is 0.900 bits per heavy atom. The molecule has 1 aliphatic rings. The summed E-state index contributed by atoms with van der Waals surface area (Å²) >= 11 is 0. The second-order valence-electron chi connectivity index (χ2n) is 8.67. The minimum Gasteiger partial charge on any atom is -0.372 e. The van der Waals surface area contributed by atoms with E-state index in [2.05, 4.69) is 13.8 Å². The highest BCUT2D eigenvalue weighted by molar-refractivity contribution is 7.91. The number of hydrogen-bond acceptors (Lipinski definition) is 6. The lowest BCUT2D eigenvalue weighted by molar-refractivity contribution is -0.116. The lowest BCUT2D eigenvalue weighted by Crippen LogP contribution is -2.42. The zero-order valence-corrected chi connectivity index (χ0v) is 20.8. The van der Waals surface area contributed by atoms with Gasteiger partial charge < -0.3 is 9.47 Å². The average molecular weight is 469 g/mol. The van der Waals surface area contributed by atoms with Crippen LogP contribution in [0, 0.1) is 0 Å². The Hall–Kier alpha value is -0.180. The molecule has 2 unspecified atom stereocenters. The number of rotatable bonds is 18. The Balaban J connectivity index is 2.21. The van der Waals surface area contributed by atoms with Crippen LogP contribution >= 0.6 is 0 Å². The highest BCUT2D eigenvalue weighted by Crippen LogP contribution is 2.15. The maximum Gasteiger partial charge on any atom is 0.152 e. The molecule has 1 aliphatic heterocycles. The molecule has 0 N–H and O–H groups in total. The molecule has 1 fully saturated rings. The van der Waals surface area contributed by atoms with Crippen molar-refractivity contribution in [3.63, 3.8) is 0 Å². The van der Waals surface area contributed by atoms with E-state index in [1.807, 2.05) is 0 Å². The molecule has 1 heterocycles. The molecule has 0 spiro atoms. The van der Waals surface area contributed by atoms with Gasteiger partial charge in [-0.3, -0.25) is 0 Å². The van der Waals surface area contributed by atoms with Gasteiger partial charge in [-0.05, 0) is 12.8 Å². The fourth-order valence-electron chi connectivity index (χ4n) is 3.71. The fraction of sp³-hybridized carbons (Fsp3) is 1.00. The van der Waals surface area contributed by atoms with Crippen molar-refractivity contribution in [3.8, 4) is 0 Å². The summed E-state index contributed by atoms with van der Waals surface area (Å²) in [6, 6.07) is 0. The standard InChI is InChI=1S/C22H44O6S2/c1-3-5-7-9-11-13-15-29(23,24)19-21-17-28-22(18-27-21)20-30(25,26)16-14-12-10-8-6-4-2/h21-22H,3-20H2,1-2H3. The van der Waals surface area contributed by atoms with Crippen LogP contribution in [-0.4, -0.2) is 65.3 Å². The summed E-state index contributed by atoms with van der Waals surface area (Å²) in [6.45, 7) is 4.61. The maximum absolute atomic E-state index is 12.3. The number of sulfone groups is 2. The molecule has 0 amide bonds. The largest absolute Gasteiger partial charge is 0.372 e. The van der Waals surface area contributed by atoms with Crippen molar-refractivity contribution < 1.29 is 26.3 Å². The van der Waals surface area contributed by atoms with Crippen molar-refractivity contribution >= 4 is 19.7 Å². The van der Waals surface area contributed by atoms with Crippen LogP contribution in [0.1, 0.15) is 90.9 Å². The van der Waals surface area contributed by atoms with E-state index in [1.165, 1.54) is 38.5 Å². The molecule has 30 heavy (non-hydrogen) atoms. The first-order valence-corrected chi connectivity index (χ1v) is 15.6. The van der Waals surface area contributed by atoms with E-state index in [1.54, 1.807) is 0 Å². The van der Waals surface area contributed by atoms with Crippen molar-refractivity contribution in [2.45, 2.75) is 103 Å². The molecular formula is C22H44O6S2. The lowest BCUT2D eigenvalue weighted by atomic mass is 10.1. The highest BCUT2D eigenvalue weighted by atomic mass is 32.2. The molecular weight excluding hydrogens is 424 g/mol. The average Bonchev–Trinajstić information content (AvgIpc) is 2.68. The second kappa shape index (κ2) is 15.6. The Bertz CT molecular complexity index is 566. The molecule has 8 heteroatoms. The molecule has 0 saturated carbocycles. The van der Waals surface area contributed by atoms with Gasteiger partial charge >= 0.3 is 0 Å². The van der Waals surface area contributed by atoms with Crippen LogP contribution in [0.2, 0.25) is 0 Å². The molecule has 0 bridgehead atoms. The number of ether oxygens (including phenoxy) is 2. The van der Waals surface area contributed by atoms with E-state index < -0.39 is 31.9 Å². The predicted octanol–water partition coefficient (Wildman–Crippen LogP) is 4.32.